The van der Waals surface area contributed by atoms with Gasteiger partial charge in [-0.3, -0.25) is 4.98 Å². The van der Waals surface area contributed by atoms with Crippen molar-refractivity contribution in [3.63, 3.8) is 0 Å². The number of rotatable bonds is 7. The van der Waals surface area contributed by atoms with Crippen molar-refractivity contribution < 1.29 is 24.5 Å². The molecule has 4 heterocycles. The molecule has 7 heteroatoms. The summed E-state index contributed by atoms with van der Waals surface area (Å²) < 4.78 is 10.3. The molecular formula is C57H54GeIrN4O-2. The summed E-state index contributed by atoms with van der Waals surface area (Å²) in [6, 6.07) is 55.4. The van der Waals surface area contributed by atoms with Gasteiger partial charge in [0.1, 0.15) is 0 Å². The quantitative estimate of drug-likeness (QED) is 0.118. The average molecular weight is 1080 g/mol. The van der Waals surface area contributed by atoms with Crippen molar-refractivity contribution in [1.29, 1.82) is 0 Å². The summed E-state index contributed by atoms with van der Waals surface area (Å²) in [5, 5.41) is 4.32. The fraction of sp³-hybridized carbons (Fsp3) is 0.211. The minimum absolute atomic E-state index is 0. The van der Waals surface area contributed by atoms with Crippen LogP contribution in [-0.2, 0) is 31.9 Å². The fourth-order valence-electron chi connectivity index (χ4n) is 8.61. The number of pyridine rings is 2. The van der Waals surface area contributed by atoms with E-state index in [0.717, 1.165) is 73.2 Å². The van der Waals surface area contributed by atoms with Crippen molar-refractivity contribution in [3.05, 3.63) is 175 Å². The molecule has 0 aliphatic rings. The van der Waals surface area contributed by atoms with Crippen LogP contribution in [0.4, 0.5) is 0 Å². The standard InChI is InChI=1S/C38H28N3O.C19H26GeN.Ir/c1-38(2,3)33-23-21-30-29-14-9-15-31(35(29)42-37(30)40-33)36-39-32-22-18-26-12-7-8-13-28(26)34(32)41(36)27-19-16-25(17-20-27)24-10-5-4-6-11-24;1-14(2)11-16-12-19(17-10-8-7-9-15(17)3)21-13-18(16)20(4,5)6;/h4-14,16-23H,1-3H3;7-9,12-14H,11H2,1-6H3;/q2*-1;. The Morgan fingerprint density at radius 1 is 0.703 bits per heavy atom. The molecule has 323 valence electrons. The van der Waals surface area contributed by atoms with Crippen LogP contribution in [0.5, 0.6) is 0 Å². The Morgan fingerprint density at radius 3 is 2.14 bits per heavy atom. The molecule has 0 saturated carbocycles. The predicted octanol–water partition coefficient (Wildman–Crippen LogP) is 14.5. The zero-order valence-electron chi connectivity index (χ0n) is 38.2. The van der Waals surface area contributed by atoms with Crippen molar-refractivity contribution in [2.75, 3.05) is 0 Å². The molecule has 0 atom stereocenters. The monoisotopic (exact) mass is 1080 g/mol. The molecule has 10 aromatic rings. The van der Waals surface area contributed by atoms with Gasteiger partial charge < -0.3 is 8.98 Å². The van der Waals surface area contributed by atoms with Gasteiger partial charge in [-0.05, 0) is 46.8 Å². The molecule has 0 unspecified atom stereocenters. The molecule has 5 nitrogen and oxygen atoms in total. The summed E-state index contributed by atoms with van der Waals surface area (Å²) in [4.78, 5) is 14.9. The van der Waals surface area contributed by atoms with Crippen molar-refractivity contribution in [2.24, 2.45) is 5.92 Å². The number of hydrogen-bond donors (Lipinski definition) is 0. The van der Waals surface area contributed by atoms with Crippen LogP contribution in [0.2, 0.25) is 17.3 Å². The van der Waals surface area contributed by atoms with E-state index in [4.69, 9.17) is 19.4 Å². The summed E-state index contributed by atoms with van der Waals surface area (Å²) in [6.07, 6.45) is 3.28. The first kappa shape index (κ1) is 44.9. The smallest absolute Gasteiger partial charge is 0 e. The van der Waals surface area contributed by atoms with Gasteiger partial charge in [-0.25, -0.2) is 4.98 Å². The van der Waals surface area contributed by atoms with E-state index in [2.05, 4.69) is 197 Å². The second kappa shape index (κ2) is 18.1. The predicted molar refractivity (Wildman–Crippen MR) is 267 cm³/mol. The third kappa shape index (κ3) is 8.89. The molecule has 0 fully saturated rings. The Kier molecular flexibility index (Phi) is 12.7. The number of aryl methyl sites for hydroxylation is 1. The maximum Gasteiger partial charge on any atom is 0 e. The van der Waals surface area contributed by atoms with Crippen molar-refractivity contribution in [2.45, 2.75) is 70.6 Å². The Hall–Kier alpha value is -5.66. The second-order valence-electron chi connectivity index (χ2n) is 19.1. The number of nitrogens with zero attached hydrogens (tertiary/aromatic N) is 4. The zero-order valence-corrected chi connectivity index (χ0v) is 42.7. The van der Waals surface area contributed by atoms with Crippen LogP contribution in [0.3, 0.4) is 0 Å². The average Bonchev–Trinajstić information content (AvgIpc) is 3.85. The van der Waals surface area contributed by atoms with E-state index in [0.29, 0.717) is 11.6 Å². The second-order valence-corrected chi connectivity index (χ2v) is 29.7. The van der Waals surface area contributed by atoms with E-state index in [1.54, 1.807) is 4.40 Å². The molecule has 1 radical (unpaired) electrons. The van der Waals surface area contributed by atoms with Gasteiger partial charge in [0, 0.05) is 47.7 Å². The van der Waals surface area contributed by atoms with E-state index in [1.165, 1.54) is 27.6 Å². The Balaban J connectivity index is 0.000000216. The van der Waals surface area contributed by atoms with Gasteiger partial charge in [0.05, 0.1) is 22.4 Å². The molecule has 10 rings (SSSR count). The number of hydrogen-bond acceptors (Lipinski definition) is 4. The molecule has 4 aromatic heterocycles. The molecule has 0 N–H and O–H groups in total. The Bertz CT molecular complexity index is 3260. The van der Waals surface area contributed by atoms with Gasteiger partial charge in [0.2, 0.25) is 5.71 Å². The van der Waals surface area contributed by atoms with Gasteiger partial charge >= 0.3 is 132 Å². The SMILES string of the molecule is CC(C)(C)c1ccc2c(n1)oc1c(-c3nc4ccc5ccccc5c4n3-c3ccc(-c4ccccc4)cc3)[c-]ccc12.Cc1ccc[c-]c1-c1cc(CC(C)C)[c]([Ge]([CH3])([CH3])[CH3])cn1.[Ir]. The summed E-state index contributed by atoms with van der Waals surface area (Å²) >= 11 is -1.87. The van der Waals surface area contributed by atoms with Gasteiger partial charge in [0.15, 0.2) is 0 Å². The van der Waals surface area contributed by atoms with E-state index in [9.17, 15) is 0 Å². The number of fused-ring (bicyclic) bond motifs is 6. The normalized spacial score (nSPS) is 11.9. The largest absolute Gasteiger partial charge is 0 e. The zero-order chi connectivity index (χ0) is 44.0. The molecule has 0 saturated heterocycles. The van der Waals surface area contributed by atoms with Gasteiger partial charge in [-0.15, -0.1) is 18.2 Å². The van der Waals surface area contributed by atoms with Gasteiger partial charge in [-0.1, -0.05) is 105 Å². The first-order valence-corrected chi connectivity index (χ1v) is 29.4. The Labute approximate surface area is 393 Å². The van der Waals surface area contributed by atoms with Crippen LogP contribution in [0.25, 0.3) is 83.3 Å². The number of aromatic nitrogens is 4. The van der Waals surface area contributed by atoms with E-state index < -0.39 is 13.3 Å². The maximum absolute atomic E-state index is 6.53. The third-order valence-corrected chi connectivity index (χ3v) is 16.1. The molecular weight excluding hydrogens is 1020 g/mol. The summed E-state index contributed by atoms with van der Waals surface area (Å²) in [5.41, 5.74) is 13.4. The first-order chi connectivity index (χ1) is 30.2. The minimum atomic E-state index is -1.87. The molecule has 6 aromatic carbocycles. The molecule has 0 aliphatic carbocycles. The van der Waals surface area contributed by atoms with E-state index in [1.807, 2.05) is 24.3 Å². The van der Waals surface area contributed by atoms with E-state index in [-0.39, 0.29) is 25.5 Å². The van der Waals surface area contributed by atoms with Crippen molar-refractivity contribution in [3.8, 4) is 39.5 Å². The van der Waals surface area contributed by atoms with Crippen LogP contribution >= 0.6 is 0 Å². The number of furan rings is 1. The van der Waals surface area contributed by atoms with Crippen LogP contribution < -0.4 is 4.40 Å². The van der Waals surface area contributed by atoms with Crippen LogP contribution in [0.1, 0.15) is 51.4 Å². The van der Waals surface area contributed by atoms with E-state index >= 15 is 0 Å². The molecule has 64 heavy (non-hydrogen) atoms. The first-order valence-electron chi connectivity index (χ1n) is 22.0. The summed E-state index contributed by atoms with van der Waals surface area (Å²) in [5.74, 6) is 8.79. The number of imidazole rings is 1. The van der Waals surface area contributed by atoms with Crippen molar-refractivity contribution in [1.82, 2.24) is 19.5 Å². The number of benzene rings is 6. The van der Waals surface area contributed by atoms with Crippen LogP contribution in [-0.4, -0.2) is 32.8 Å². The Morgan fingerprint density at radius 2 is 1.42 bits per heavy atom. The summed E-state index contributed by atoms with van der Waals surface area (Å²) in [6.45, 7) is 13.2. The van der Waals surface area contributed by atoms with Crippen LogP contribution in [0.15, 0.2) is 150 Å². The maximum atomic E-state index is 6.53. The van der Waals surface area contributed by atoms with Crippen LogP contribution in [0, 0.1) is 25.0 Å². The molecule has 0 aliphatic heterocycles. The molecule has 0 amide bonds. The molecule has 0 spiro atoms. The summed E-state index contributed by atoms with van der Waals surface area (Å²) in [7, 11) is 0. The van der Waals surface area contributed by atoms with Crippen molar-refractivity contribution >= 4 is 61.5 Å². The molecule has 0 bridgehead atoms. The van der Waals surface area contributed by atoms with Gasteiger partial charge in [-0.2, -0.15) is 0 Å². The topological polar surface area (TPSA) is 56.7 Å². The third-order valence-electron chi connectivity index (χ3n) is 11.8. The fourth-order valence-corrected chi connectivity index (χ4v) is 11.9. The minimum Gasteiger partial charge on any atom is 0 e. The van der Waals surface area contributed by atoms with Gasteiger partial charge in [0.25, 0.3) is 0 Å².